The molecule has 1 saturated heterocycles. The van der Waals surface area contributed by atoms with Gasteiger partial charge in [-0.25, -0.2) is 27.4 Å². The third-order valence-corrected chi connectivity index (χ3v) is 8.05. The lowest BCUT2D eigenvalue weighted by Gasteiger charge is -2.20. The predicted octanol–water partition coefficient (Wildman–Crippen LogP) is 5.07. The largest absolute Gasteiger partial charge is 0.569 e. The van der Waals surface area contributed by atoms with Crippen molar-refractivity contribution in [3.05, 3.63) is 71.1 Å². The molecule has 0 aliphatic carbocycles. The normalized spacial score (nSPS) is 16.0. The number of benzene rings is 2. The fraction of sp³-hybridized carbons (Fsp3) is 0.393. The van der Waals surface area contributed by atoms with E-state index in [0.29, 0.717) is 18.4 Å². The summed E-state index contributed by atoms with van der Waals surface area (Å²) in [6.07, 6.45) is -7.37. The molecule has 0 spiro atoms. The molecule has 1 fully saturated rings. The van der Waals surface area contributed by atoms with Crippen LogP contribution in [0.3, 0.4) is 0 Å². The van der Waals surface area contributed by atoms with Crippen molar-refractivity contribution in [3.8, 4) is 16.9 Å². The minimum atomic E-state index is -4.72. The van der Waals surface area contributed by atoms with E-state index in [1.54, 1.807) is 35.9 Å². The van der Waals surface area contributed by atoms with E-state index in [-0.39, 0.29) is 41.0 Å². The lowest BCUT2D eigenvalue weighted by molar-refractivity contribution is -0.716. The third kappa shape index (κ3) is 9.02. The number of aryl methyl sites for hydroxylation is 1. The zero-order chi connectivity index (χ0) is 34.4. The van der Waals surface area contributed by atoms with Crippen LogP contribution < -0.4 is 4.72 Å². The van der Waals surface area contributed by atoms with E-state index < -0.39 is 46.5 Å². The molecule has 1 unspecified atom stereocenters. The molecule has 0 saturated carbocycles. The number of alkyl halides is 3. The van der Waals surface area contributed by atoms with Crippen LogP contribution in [0.2, 0.25) is 0 Å². The van der Waals surface area contributed by atoms with Gasteiger partial charge in [0.25, 0.3) is 16.3 Å². The van der Waals surface area contributed by atoms with Crippen LogP contribution in [0.15, 0.2) is 64.8 Å². The van der Waals surface area contributed by atoms with Crippen molar-refractivity contribution in [2.75, 3.05) is 19.8 Å². The first-order valence-corrected chi connectivity index (χ1v) is 15.6. The average Bonchev–Trinajstić information content (AvgIpc) is 3.67. The van der Waals surface area contributed by atoms with E-state index in [0.717, 1.165) is 28.4 Å². The van der Waals surface area contributed by atoms with E-state index in [2.05, 4.69) is 15.1 Å². The van der Waals surface area contributed by atoms with E-state index in [1.807, 2.05) is 6.92 Å². The fourth-order valence-electron chi connectivity index (χ4n) is 4.46. The Kier molecular flexibility index (Phi) is 10.8. The number of carbonyl (C=O) groups is 2. The van der Waals surface area contributed by atoms with Gasteiger partial charge in [0.1, 0.15) is 12.6 Å². The molecule has 1 aliphatic heterocycles. The number of hydrogen-bond donors (Lipinski definition) is 1. The Morgan fingerprint density at radius 3 is 2.47 bits per heavy atom. The summed E-state index contributed by atoms with van der Waals surface area (Å²) in [6, 6.07) is 11.7. The van der Waals surface area contributed by atoms with Crippen LogP contribution in [0, 0.1) is 12.1 Å². The minimum absolute atomic E-state index is 0.0733. The molecular formula is C28H31F3N6O9S. The summed E-state index contributed by atoms with van der Waals surface area (Å²) < 4.78 is 83.4. The van der Waals surface area contributed by atoms with Crippen molar-refractivity contribution in [1.29, 1.82) is 0 Å². The summed E-state index contributed by atoms with van der Waals surface area (Å²) in [4.78, 5) is 28.3. The van der Waals surface area contributed by atoms with Gasteiger partial charge >= 0.3 is 18.4 Å². The molecule has 2 aromatic carbocycles. The molecule has 1 aromatic heterocycles. The summed E-state index contributed by atoms with van der Waals surface area (Å²) in [5.74, 6) is 0. The standard InChI is InChI=1S/C28H31F3N6O9S/c1-4-43-27(39)45-19(3)46-34-37(40)35-15-5-6-22(35)17-44-26(38)33-47(41,42)23-13-11-21(12-14-23)36-24(16-25(32-36)28(29,30)31)20-9-7-18(2)8-10-20/h7-14,16,19,22H,4-6,15,17H2,1-3H3,(H,33,38)/t19?,22-/m0/s1. The average molecular weight is 685 g/mol. The Hall–Kier alpha value is -5.07. The SMILES string of the molecule is CCOC(=O)OC(C)ON=[N+]([O-])N1CCC[C@H]1COC(=O)NS(=O)(=O)c1ccc(-n2nc(C(F)(F)F)cc2-c2ccc(C)cc2)cc1. The van der Waals surface area contributed by atoms with Crippen LogP contribution >= 0.6 is 0 Å². The molecule has 2 atom stereocenters. The maximum atomic E-state index is 13.5. The van der Waals surface area contributed by atoms with Crippen LogP contribution in [0.25, 0.3) is 16.9 Å². The van der Waals surface area contributed by atoms with Crippen molar-refractivity contribution < 1.29 is 55.2 Å². The van der Waals surface area contributed by atoms with Crippen molar-refractivity contribution in [2.24, 2.45) is 5.28 Å². The number of carbonyl (C=O) groups excluding carboxylic acids is 2. The van der Waals surface area contributed by atoms with Crippen molar-refractivity contribution in [2.45, 2.75) is 57.0 Å². The Labute approximate surface area is 267 Å². The number of aromatic nitrogens is 2. The molecule has 2 heterocycles. The van der Waals surface area contributed by atoms with Gasteiger partial charge in [-0.15, -0.1) is 5.01 Å². The lowest BCUT2D eigenvalue weighted by atomic mass is 10.1. The summed E-state index contributed by atoms with van der Waals surface area (Å²) in [5.41, 5.74) is 0.496. The first-order valence-electron chi connectivity index (χ1n) is 14.2. The van der Waals surface area contributed by atoms with Gasteiger partial charge in [-0.2, -0.15) is 18.3 Å². The quantitative estimate of drug-likeness (QED) is 0.0938. The zero-order valence-corrected chi connectivity index (χ0v) is 26.2. The number of nitrogens with one attached hydrogen (secondary N) is 1. The van der Waals surface area contributed by atoms with E-state index in [9.17, 15) is 36.4 Å². The van der Waals surface area contributed by atoms with Crippen molar-refractivity contribution in [1.82, 2.24) is 19.5 Å². The maximum absolute atomic E-state index is 13.5. The summed E-state index contributed by atoms with van der Waals surface area (Å²) in [7, 11) is -4.46. The first kappa shape index (κ1) is 34.8. The van der Waals surface area contributed by atoms with Crippen LogP contribution in [0.1, 0.15) is 37.9 Å². The maximum Gasteiger partial charge on any atom is 0.511 e. The molecule has 0 bridgehead atoms. The minimum Gasteiger partial charge on any atom is -0.569 e. The van der Waals surface area contributed by atoms with Gasteiger partial charge in [0, 0.05) is 12.5 Å². The van der Waals surface area contributed by atoms with Gasteiger partial charge in [-0.05, 0) is 57.0 Å². The fourth-order valence-corrected chi connectivity index (χ4v) is 5.35. The van der Waals surface area contributed by atoms with E-state index >= 15 is 0 Å². The highest BCUT2D eigenvalue weighted by molar-refractivity contribution is 7.90. The van der Waals surface area contributed by atoms with Crippen LogP contribution in [0.4, 0.5) is 22.8 Å². The number of hydrogen-bond acceptors (Lipinski definition) is 11. The molecule has 254 valence electrons. The van der Waals surface area contributed by atoms with Crippen molar-refractivity contribution >= 4 is 22.3 Å². The third-order valence-electron chi connectivity index (χ3n) is 6.72. The second kappa shape index (κ2) is 14.6. The number of rotatable bonds is 11. The monoisotopic (exact) mass is 684 g/mol. The molecule has 47 heavy (non-hydrogen) atoms. The van der Waals surface area contributed by atoms with Gasteiger partial charge in [0.15, 0.2) is 5.69 Å². The number of nitrogens with zero attached hydrogens (tertiary/aromatic N) is 5. The molecule has 1 amide bonds. The Balaban J connectivity index is 1.39. The topological polar surface area (TPSA) is 177 Å². The van der Waals surface area contributed by atoms with Crippen molar-refractivity contribution in [3.63, 3.8) is 0 Å². The smallest absolute Gasteiger partial charge is 0.511 e. The highest BCUT2D eigenvalue weighted by Crippen LogP contribution is 2.33. The van der Waals surface area contributed by atoms with Crippen LogP contribution in [-0.2, 0) is 35.2 Å². The Morgan fingerprint density at radius 2 is 1.83 bits per heavy atom. The number of ether oxygens (including phenoxy) is 3. The zero-order valence-electron chi connectivity index (χ0n) is 25.3. The van der Waals surface area contributed by atoms with Gasteiger partial charge in [-0.3, -0.25) is 4.84 Å². The van der Waals surface area contributed by atoms with Crippen LogP contribution in [0.5, 0.6) is 0 Å². The highest BCUT2D eigenvalue weighted by atomic mass is 32.2. The van der Waals surface area contributed by atoms with E-state index in [4.69, 9.17) is 14.3 Å². The van der Waals surface area contributed by atoms with E-state index in [1.165, 1.54) is 24.1 Å². The molecule has 3 aromatic rings. The molecule has 15 nitrogen and oxygen atoms in total. The molecule has 4 rings (SSSR count). The summed E-state index contributed by atoms with van der Waals surface area (Å²) >= 11 is 0. The van der Waals surface area contributed by atoms with Gasteiger partial charge in [0.2, 0.25) is 5.28 Å². The summed E-state index contributed by atoms with van der Waals surface area (Å²) in [5, 5.41) is 20.6. The van der Waals surface area contributed by atoms with Gasteiger partial charge < -0.3 is 19.4 Å². The number of hydrazine groups is 1. The lowest BCUT2D eigenvalue weighted by Crippen LogP contribution is -2.40. The molecular weight excluding hydrogens is 653 g/mol. The molecule has 1 N–H and O–H groups in total. The number of sulfonamides is 1. The highest BCUT2D eigenvalue weighted by Gasteiger charge is 2.36. The number of halogens is 3. The molecule has 1 aliphatic rings. The molecule has 0 radical (unpaired) electrons. The van der Waals surface area contributed by atoms with Gasteiger partial charge in [-0.1, -0.05) is 29.8 Å². The summed E-state index contributed by atoms with van der Waals surface area (Å²) in [6.45, 7) is 4.62. The van der Waals surface area contributed by atoms with Crippen LogP contribution in [-0.4, -0.2) is 72.5 Å². The molecule has 19 heteroatoms. The van der Waals surface area contributed by atoms with Gasteiger partial charge in [0.05, 0.1) is 34.4 Å². The Morgan fingerprint density at radius 1 is 1.15 bits per heavy atom. The number of amides is 1. The second-order valence-electron chi connectivity index (χ2n) is 10.2. The predicted molar refractivity (Wildman–Crippen MR) is 155 cm³/mol. The first-order chi connectivity index (χ1) is 22.2. The second-order valence-corrected chi connectivity index (χ2v) is 11.8. The Bertz CT molecular complexity index is 1700.